The highest BCUT2D eigenvalue weighted by Crippen LogP contribution is 2.20. The third kappa shape index (κ3) is 3.03. The lowest BCUT2D eigenvalue weighted by atomic mass is 10.3. The summed E-state index contributed by atoms with van der Waals surface area (Å²) in [5.41, 5.74) is 5.78. The number of benzene rings is 1. The number of nitrogens with zero attached hydrogens (tertiary/aromatic N) is 1. The molecule has 9 heteroatoms. The molecule has 1 heterocycles. The number of anilines is 1. The quantitative estimate of drug-likeness (QED) is 0.742. The van der Waals surface area contributed by atoms with Gasteiger partial charge in [-0.05, 0) is 18.2 Å². The normalized spacial score (nSPS) is 11.2. The van der Waals surface area contributed by atoms with E-state index in [1.165, 1.54) is 18.3 Å². The second-order valence-corrected chi connectivity index (χ2v) is 6.14. The summed E-state index contributed by atoms with van der Waals surface area (Å²) < 4.78 is 26.6. The molecule has 0 saturated heterocycles. The Morgan fingerprint density at radius 2 is 2.21 bits per heavy atom. The van der Waals surface area contributed by atoms with E-state index in [1.807, 2.05) is 0 Å². The molecule has 1 aromatic heterocycles. The largest absolute Gasteiger partial charge is 0.389 e. The highest BCUT2D eigenvalue weighted by molar-refractivity contribution is 7.92. The lowest BCUT2D eigenvalue weighted by Crippen LogP contribution is -2.17. The number of rotatable bonds is 4. The van der Waals surface area contributed by atoms with Crippen molar-refractivity contribution >= 4 is 44.6 Å². The molecular weight excluding hydrogens is 308 g/mol. The number of H-pyrrole nitrogens is 1. The highest BCUT2D eigenvalue weighted by atomic mass is 35.5. The van der Waals surface area contributed by atoms with Crippen molar-refractivity contribution in [3.63, 3.8) is 0 Å². The van der Waals surface area contributed by atoms with Crippen LogP contribution in [0, 0.1) is 0 Å². The number of thiocarbonyl (C=S) groups is 1. The van der Waals surface area contributed by atoms with Gasteiger partial charge in [0, 0.05) is 5.02 Å². The van der Waals surface area contributed by atoms with Crippen molar-refractivity contribution in [3.05, 3.63) is 41.0 Å². The molecule has 0 spiro atoms. The zero-order chi connectivity index (χ0) is 14.0. The molecule has 0 bridgehead atoms. The van der Waals surface area contributed by atoms with Crippen LogP contribution in [0.15, 0.2) is 35.4 Å². The van der Waals surface area contributed by atoms with Crippen LogP contribution in [0.3, 0.4) is 0 Å². The minimum Gasteiger partial charge on any atom is -0.389 e. The van der Waals surface area contributed by atoms with Gasteiger partial charge in [-0.3, -0.25) is 9.82 Å². The predicted octanol–water partition coefficient (Wildman–Crippen LogP) is 1.50. The maximum absolute atomic E-state index is 12.1. The molecule has 6 nitrogen and oxygen atoms in total. The summed E-state index contributed by atoms with van der Waals surface area (Å²) in [5.74, 6) is 0.118. The topological polar surface area (TPSA) is 101 Å². The van der Waals surface area contributed by atoms with Crippen LogP contribution in [0.5, 0.6) is 0 Å². The lowest BCUT2D eigenvalue weighted by Gasteiger charge is -2.07. The van der Waals surface area contributed by atoms with E-state index in [2.05, 4.69) is 14.9 Å². The average molecular weight is 317 g/mol. The fourth-order valence-corrected chi connectivity index (χ4v) is 2.87. The zero-order valence-electron chi connectivity index (χ0n) is 9.42. The van der Waals surface area contributed by atoms with Crippen LogP contribution in [0.25, 0.3) is 0 Å². The van der Waals surface area contributed by atoms with Crippen molar-refractivity contribution in [2.75, 3.05) is 4.72 Å². The van der Waals surface area contributed by atoms with Crippen LogP contribution in [-0.2, 0) is 10.0 Å². The smallest absolute Gasteiger partial charge is 0.263 e. The third-order valence-corrected chi connectivity index (χ3v) is 4.05. The third-order valence-electron chi connectivity index (χ3n) is 2.25. The molecule has 0 amide bonds. The second kappa shape index (κ2) is 5.16. The average Bonchev–Trinajstić information content (AvgIpc) is 2.76. The first-order chi connectivity index (χ1) is 8.90. The lowest BCUT2D eigenvalue weighted by molar-refractivity contribution is 0.601. The van der Waals surface area contributed by atoms with E-state index < -0.39 is 10.0 Å². The summed E-state index contributed by atoms with van der Waals surface area (Å²) in [5, 5.41) is 6.50. The summed E-state index contributed by atoms with van der Waals surface area (Å²) in [6.07, 6.45) is 1.35. The number of sulfonamides is 1. The van der Waals surface area contributed by atoms with Gasteiger partial charge in [-0.25, -0.2) is 8.42 Å². The van der Waals surface area contributed by atoms with Crippen molar-refractivity contribution in [1.29, 1.82) is 0 Å². The summed E-state index contributed by atoms with van der Waals surface area (Å²) >= 11 is 10.6. The van der Waals surface area contributed by atoms with E-state index in [9.17, 15) is 8.42 Å². The summed E-state index contributed by atoms with van der Waals surface area (Å²) in [4.78, 5) is 0.0704. The van der Waals surface area contributed by atoms with Crippen LogP contribution < -0.4 is 10.5 Å². The van der Waals surface area contributed by atoms with Crippen LogP contribution in [0.2, 0.25) is 5.02 Å². The number of aromatic amines is 1. The maximum atomic E-state index is 12.1. The molecule has 4 N–H and O–H groups in total. The van der Waals surface area contributed by atoms with Crippen molar-refractivity contribution in [2.45, 2.75) is 4.90 Å². The van der Waals surface area contributed by atoms with E-state index in [0.29, 0.717) is 10.6 Å². The fraction of sp³-hybridized carbons (Fsp3) is 0. The zero-order valence-corrected chi connectivity index (χ0v) is 11.8. The second-order valence-electron chi connectivity index (χ2n) is 3.59. The molecule has 19 heavy (non-hydrogen) atoms. The molecule has 0 atom stereocenters. The summed E-state index contributed by atoms with van der Waals surface area (Å²) in [6, 6.07) is 5.88. The Labute approximate surface area is 120 Å². The van der Waals surface area contributed by atoms with Crippen molar-refractivity contribution in [1.82, 2.24) is 10.2 Å². The molecule has 2 aromatic rings. The Hall–Kier alpha value is -1.64. The van der Waals surface area contributed by atoms with Gasteiger partial charge in [0.05, 0.1) is 16.7 Å². The number of hydrogen-bond donors (Lipinski definition) is 3. The van der Waals surface area contributed by atoms with Gasteiger partial charge in [0.2, 0.25) is 0 Å². The maximum Gasteiger partial charge on any atom is 0.263 e. The summed E-state index contributed by atoms with van der Waals surface area (Å²) in [6.45, 7) is 0. The molecule has 0 aliphatic heterocycles. The van der Waals surface area contributed by atoms with E-state index in [1.54, 1.807) is 12.1 Å². The molecular formula is C10H9ClN4O2S2. The Morgan fingerprint density at radius 1 is 1.47 bits per heavy atom. The van der Waals surface area contributed by atoms with Gasteiger partial charge >= 0.3 is 0 Å². The molecule has 100 valence electrons. The number of nitrogens with two attached hydrogens (primary N) is 1. The Kier molecular flexibility index (Phi) is 3.74. The van der Waals surface area contributed by atoms with Crippen LogP contribution in [-0.4, -0.2) is 23.6 Å². The van der Waals surface area contributed by atoms with Crippen LogP contribution in [0.1, 0.15) is 5.56 Å². The standard InChI is InChI=1S/C10H9ClN4O2S2/c11-6-2-1-3-7(4-6)19(16,17)15-10-8(9(12)18)5-13-14-10/h1-5H,(H2,12,18)(H2,13,14,15). The molecule has 0 fully saturated rings. The van der Waals surface area contributed by atoms with Crippen LogP contribution in [0.4, 0.5) is 5.82 Å². The number of nitrogens with one attached hydrogen (secondary N) is 2. The monoisotopic (exact) mass is 316 g/mol. The first-order valence-corrected chi connectivity index (χ1v) is 7.28. The van der Waals surface area contributed by atoms with E-state index >= 15 is 0 Å². The Morgan fingerprint density at radius 3 is 2.84 bits per heavy atom. The predicted molar refractivity (Wildman–Crippen MR) is 76.7 cm³/mol. The molecule has 0 aliphatic carbocycles. The minimum atomic E-state index is -3.78. The van der Waals surface area contributed by atoms with Crippen LogP contribution >= 0.6 is 23.8 Å². The van der Waals surface area contributed by atoms with Crippen molar-refractivity contribution in [3.8, 4) is 0 Å². The van der Waals surface area contributed by atoms with Gasteiger partial charge in [0.25, 0.3) is 10.0 Å². The van der Waals surface area contributed by atoms with Gasteiger partial charge in [0.1, 0.15) is 10.8 Å². The van der Waals surface area contributed by atoms with Gasteiger partial charge in [-0.2, -0.15) is 5.10 Å². The molecule has 1 aromatic carbocycles. The Balaban J connectivity index is 2.37. The van der Waals surface area contributed by atoms with Gasteiger partial charge in [-0.15, -0.1) is 0 Å². The van der Waals surface area contributed by atoms with E-state index in [0.717, 1.165) is 0 Å². The SMILES string of the molecule is NC(=S)c1cn[nH]c1NS(=O)(=O)c1cccc(Cl)c1. The number of hydrogen-bond acceptors (Lipinski definition) is 4. The number of aromatic nitrogens is 2. The highest BCUT2D eigenvalue weighted by Gasteiger charge is 2.18. The Bertz CT molecular complexity index is 727. The van der Waals surface area contributed by atoms with E-state index in [-0.39, 0.29) is 15.7 Å². The molecule has 0 radical (unpaired) electrons. The minimum absolute atomic E-state index is 0.0310. The van der Waals surface area contributed by atoms with Crippen molar-refractivity contribution in [2.24, 2.45) is 5.73 Å². The van der Waals surface area contributed by atoms with Gasteiger partial charge in [-0.1, -0.05) is 29.9 Å². The van der Waals surface area contributed by atoms with E-state index in [4.69, 9.17) is 29.6 Å². The van der Waals surface area contributed by atoms with Crippen molar-refractivity contribution < 1.29 is 8.42 Å². The first-order valence-electron chi connectivity index (χ1n) is 5.02. The fourth-order valence-electron chi connectivity index (χ4n) is 1.38. The summed E-state index contributed by atoms with van der Waals surface area (Å²) in [7, 11) is -3.78. The molecule has 0 saturated carbocycles. The molecule has 0 unspecified atom stereocenters. The van der Waals surface area contributed by atoms with Gasteiger partial charge < -0.3 is 5.73 Å². The number of halogens is 1. The van der Waals surface area contributed by atoms with Gasteiger partial charge in [0.15, 0.2) is 0 Å². The first kappa shape index (κ1) is 13.8. The molecule has 0 aliphatic rings. The molecule has 2 rings (SSSR count).